The summed E-state index contributed by atoms with van der Waals surface area (Å²) in [6.45, 7) is 3.49. The minimum absolute atomic E-state index is 0.190. The third-order valence-electron chi connectivity index (χ3n) is 5.38. The van der Waals surface area contributed by atoms with Crippen molar-refractivity contribution < 1.29 is 22.8 Å². The van der Waals surface area contributed by atoms with Gasteiger partial charge in [0.05, 0.1) is 5.41 Å². The number of anilines is 1. The summed E-state index contributed by atoms with van der Waals surface area (Å²) in [5.41, 5.74) is 2.93. The van der Waals surface area contributed by atoms with Crippen LogP contribution in [0.1, 0.15) is 29.5 Å². The lowest BCUT2D eigenvalue weighted by Crippen LogP contribution is -2.50. The maximum Gasteiger partial charge on any atom is 0.405 e. The van der Waals surface area contributed by atoms with Crippen molar-refractivity contribution in [3.05, 3.63) is 28.8 Å². The summed E-state index contributed by atoms with van der Waals surface area (Å²) in [5, 5.41) is 5.09. The second-order valence-electron chi connectivity index (χ2n) is 7.02. The molecule has 2 aliphatic heterocycles. The van der Waals surface area contributed by atoms with Crippen LogP contribution >= 0.6 is 0 Å². The molecule has 5 nitrogen and oxygen atoms in total. The SMILES string of the molecule is Cc1ccc2c(c1C)C1(CCNCC1)C(=O)N2CC(=O)NCC(F)(F)F. The molecule has 0 bridgehead atoms. The Morgan fingerprint density at radius 2 is 1.92 bits per heavy atom. The standard InChI is InChI=1S/C18H22F3N3O2/c1-11-3-4-13-15(12(11)2)17(5-7-22-8-6-17)16(26)24(13)9-14(25)23-10-18(19,20)21/h3-4,22H,5-10H2,1-2H3,(H,23,25). The van der Waals surface area contributed by atoms with Crippen LogP contribution in [0, 0.1) is 13.8 Å². The second-order valence-corrected chi connectivity index (χ2v) is 7.02. The molecule has 0 radical (unpaired) electrons. The van der Waals surface area contributed by atoms with Crippen molar-refractivity contribution in [2.45, 2.75) is 38.3 Å². The van der Waals surface area contributed by atoms with Gasteiger partial charge in [0.1, 0.15) is 13.1 Å². The van der Waals surface area contributed by atoms with Crippen LogP contribution in [0.25, 0.3) is 0 Å². The number of halogens is 3. The highest BCUT2D eigenvalue weighted by Crippen LogP contribution is 2.49. The largest absolute Gasteiger partial charge is 0.405 e. The minimum atomic E-state index is -4.48. The highest BCUT2D eigenvalue weighted by Gasteiger charge is 2.52. The topological polar surface area (TPSA) is 61.4 Å². The van der Waals surface area contributed by atoms with Gasteiger partial charge in [-0.05, 0) is 62.5 Å². The Morgan fingerprint density at radius 3 is 2.54 bits per heavy atom. The Kier molecular flexibility index (Phi) is 4.72. The average molecular weight is 369 g/mol. The predicted molar refractivity (Wildman–Crippen MR) is 91.1 cm³/mol. The fraction of sp³-hybridized carbons (Fsp3) is 0.556. The average Bonchev–Trinajstić information content (AvgIpc) is 2.79. The van der Waals surface area contributed by atoms with Crippen LogP contribution in [0.5, 0.6) is 0 Å². The molecule has 3 rings (SSSR count). The van der Waals surface area contributed by atoms with Gasteiger partial charge in [-0.1, -0.05) is 6.07 Å². The van der Waals surface area contributed by atoms with Gasteiger partial charge in [-0.3, -0.25) is 9.59 Å². The molecule has 1 saturated heterocycles. The van der Waals surface area contributed by atoms with Gasteiger partial charge in [-0.15, -0.1) is 0 Å². The molecule has 2 N–H and O–H groups in total. The van der Waals surface area contributed by atoms with Gasteiger partial charge < -0.3 is 15.5 Å². The normalized spacial score (nSPS) is 19.0. The molecule has 2 heterocycles. The number of benzene rings is 1. The number of fused-ring (bicyclic) bond motifs is 2. The van der Waals surface area contributed by atoms with Gasteiger partial charge in [0.2, 0.25) is 11.8 Å². The first-order valence-electron chi connectivity index (χ1n) is 8.62. The molecule has 2 amide bonds. The molecule has 0 saturated carbocycles. The minimum Gasteiger partial charge on any atom is -0.345 e. The number of nitrogens with one attached hydrogen (secondary N) is 2. The maximum atomic E-state index is 13.2. The van der Waals surface area contributed by atoms with Gasteiger partial charge in [-0.25, -0.2) is 0 Å². The Balaban J connectivity index is 1.92. The van der Waals surface area contributed by atoms with Gasteiger partial charge in [-0.2, -0.15) is 13.2 Å². The number of hydrogen-bond donors (Lipinski definition) is 2. The number of hydrogen-bond acceptors (Lipinski definition) is 3. The lowest BCUT2D eigenvalue weighted by Gasteiger charge is -2.34. The molecule has 0 atom stereocenters. The van der Waals surface area contributed by atoms with E-state index >= 15 is 0 Å². The summed E-state index contributed by atoms with van der Waals surface area (Å²) in [6.07, 6.45) is -3.25. The molecule has 1 aromatic rings. The first-order chi connectivity index (χ1) is 12.2. The molecule has 2 aliphatic rings. The van der Waals surface area contributed by atoms with Crippen LogP contribution in [0.3, 0.4) is 0 Å². The number of piperidine rings is 1. The highest BCUT2D eigenvalue weighted by atomic mass is 19.4. The Labute approximate surface area is 149 Å². The van der Waals surface area contributed by atoms with E-state index in [1.807, 2.05) is 25.2 Å². The zero-order valence-corrected chi connectivity index (χ0v) is 14.8. The van der Waals surface area contributed by atoms with Crippen LogP contribution in [0.15, 0.2) is 12.1 Å². The van der Waals surface area contributed by atoms with Crippen LogP contribution in [-0.2, 0) is 15.0 Å². The van der Waals surface area contributed by atoms with Crippen molar-refractivity contribution in [3.63, 3.8) is 0 Å². The lowest BCUT2D eigenvalue weighted by molar-refractivity contribution is -0.138. The smallest absolute Gasteiger partial charge is 0.345 e. The summed E-state index contributed by atoms with van der Waals surface area (Å²) in [4.78, 5) is 26.6. The van der Waals surface area contributed by atoms with Crippen molar-refractivity contribution in [2.24, 2.45) is 0 Å². The Hall–Kier alpha value is -2.09. The van der Waals surface area contributed by atoms with E-state index in [0.717, 1.165) is 16.7 Å². The molecule has 1 fully saturated rings. The van der Waals surface area contributed by atoms with Crippen molar-refractivity contribution in [3.8, 4) is 0 Å². The van der Waals surface area contributed by atoms with Crippen molar-refractivity contribution in [1.82, 2.24) is 10.6 Å². The Bertz CT molecular complexity index is 740. The van der Waals surface area contributed by atoms with Gasteiger partial charge in [0.25, 0.3) is 0 Å². The quantitative estimate of drug-likeness (QED) is 0.856. The monoisotopic (exact) mass is 369 g/mol. The van der Waals surface area contributed by atoms with Gasteiger partial charge in [0, 0.05) is 5.69 Å². The number of nitrogens with zero attached hydrogens (tertiary/aromatic N) is 1. The van der Waals surface area contributed by atoms with E-state index in [9.17, 15) is 22.8 Å². The van der Waals surface area contributed by atoms with Crippen LogP contribution in [0.4, 0.5) is 18.9 Å². The summed E-state index contributed by atoms with van der Waals surface area (Å²) in [6, 6.07) is 3.67. The number of amides is 2. The number of carbonyl (C=O) groups is 2. The lowest BCUT2D eigenvalue weighted by atomic mass is 9.72. The zero-order chi connectivity index (χ0) is 19.1. The molecule has 1 aromatic carbocycles. The Morgan fingerprint density at radius 1 is 1.27 bits per heavy atom. The van der Waals surface area contributed by atoms with Gasteiger partial charge in [0.15, 0.2) is 0 Å². The van der Waals surface area contributed by atoms with Crippen molar-refractivity contribution in [1.29, 1.82) is 0 Å². The first-order valence-corrected chi connectivity index (χ1v) is 8.62. The molecule has 8 heteroatoms. The molecule has 26 heavy (non-hydrogen) atoms. The molecule has 0 aliphatic carbocycles. The zero-order valence-electron chi connectivity index (χ0n) is 14.8. The van der Waals surface area contributed by atoms with Crippen LogP contribution < -0.4 is 15.5 Å². The van der Waals surface area contributed by atoms with Crippen LogP contribution in [0.2, 0.25) is 0 Å². The summed E-state index contributed by atoms with van der Waals surface area (Å²) in [5.74, 6) is -1.00. The van der Waals surface area contributed by atoms with Crippen LogP contribution in [-0.4, -0.2) is 44.2 Å². The van der Waals surface area contributed by atoms with Gasteiger partial charge >= 0.3 is 6.18 Å². The molecular weight excluding hydrogens is 347 g/mol. The van der Waals surface area contributed by atoms with Crippen molar-refractivity contribution >= 4 is 17.5 Å². The summed E-state index contributed by atoms with van der Waals surface area (Å²) >= 11 is 0. The fourth-order valence-electron chi connectivity index (χ4n) is 3.98. The molecule has 0 unspecified atom stereocenters. The van der Waals surface area contributed by atoms with E-state index in [1.54, 1.807) is 6.07 Å². The first kappa shape index (κ1) is 18.7. The number of aryl methyl sites for hydroxylation is 1. The number of carbonyl (C=O) groups excluding carboxylic acids is 2. The third kappa shape index (κ3) is 3.18. The second kappa shape index (κ2) is 6.57. The number of alkyl halides is 3. The molecule has 1 spiro atoms. The third-order valence-corrected chi connectivity index (χ3v) is 5.38. The van der Waals surface area contributed by atoms with E-state index < -0.39 is 30.6 Å². The summed E-state index contributed by atoms with van der Waals surface area (Å²) in [7, 11) is 0. The molecule has 142 valence electrons. The highest BCUT2D eigenvalue weighted by molar-refractivity contribution is 6.11. The number of rotatable bonds is 3. The van der Waals surface area contributed by atoms with E-state index in [1.165, 1.54) is 4.90 Å². The fourth-order valence-corrected chi connectivity index (χ4v) is 3.98. The molecule has 0 aromatic heterocycles. The van der Waals surface area contributed by atoms with Crippen molar-refractivity contribution in [2.75, 3.05) is 31.1 Å². The van der Waals surface area contributed by atoms with E-state index in [4.69, 9.17) is 0 Å². The maximum absolute atomic E-state index is 13.2. The van der Waals surface area contributed by atoms with E-state index in [2.05, 4.69) is 5.32 Å². The van der Waals surface area contributed by atoms with E-state index in [0.29, 0.717) is 31.6 Å². The predicted octanol–water partition coefficient (Wildman–Crippen LogP) is 1.95. The van der Waals surface area contributed by atoms with E-state index in [-0.39, 0.29) is 5.91 Å². The summed E-state index contributed by atoms with van der Waals surface area (Å²) < 4.78 is 37.0. The molecular formula is C18H22F3N3O2.